The maximum absolute atomic E-state index is 12.9. The molecule has 0 saturated heterocycles. The predicted molar refractivity (Wildman–Crippen MR) is 99.0 cm³/mol. The molecule has 0 radical (unpaired) electrons. The van der Waals surface area contributed by atoms with E-state index < -0.39 is 0 Å². The number of carbonyl (C=O) groups is 2. The van der Waals surface area contributed by atoms with Gasteiger partial charge in [-0.2, -0.15) is 0 Å². The number of nitrogens with one attached hydrogen (secondary N) is 1. The number of rotatable bonds is 6. The molecule has 0 bridgehead atoms. The third-order valence-corrected chi connectivity index (χ3v) is 4.31. The van der Waals surface area contributed by atoms with Gasteiger partial charge < -0.3 is 11.1 Å². The normalized spacial score (nSPS) is 11.0. The van der Waals surface area contributed by atoms with Crippen molar-refractivity contribution in [1.82, 2.24) is 19.6 Å². The highest BCUT2D eigenvalue weighted by molar-refractivity contribution is 5.96. The van der Waals surface area contributed by atoms with Crippen LogP contribution in [0.3, 0.4) is 0 Å². The minimum Gasteiger partial charge on any atom is -0.330 e. The second kappa shape index (κ2) is 7.49. The van der Waals surface area contributed by atoms with Crippen molar-refractivity contribution in [3.8, 4) is 0 Å². The smallest absolute Gasteiger partial charge is 0.253 e. The Morgan fingerprint density at radius 2 is 2.04 bits per heavy atom. The van der Waals surface area contributed by atoms with Crippen LogP contribution in [0.15, 0.2) is 30.5 Å². The van der Waals surface area contributed by atoms with Crippen LogP contribution in [0.5, 0.6) is 0 Å². The third kappa shape index (κ3) is 3.36. The fourth-order valence-electron chi connectivity index (χ4n) is 3.09. The average molecular weight is 354 g/mol. The molecule has 3 rings (SSSR count). The summed E-state index contributed by atoms with van der Waals surface area (Å²) in [5.74, 6) is 0.0600. The molecule has 0 fully saturated rings. The molecule has 8 heteroatoms. The summed E-state index contributed by atoms with van der Waals surface area (Å²) in [5, 5.41) is 11.5. The van der Waals surface area contributed by atoms with Crippen molar-refractivity contribution in [3.63, 3.8) is 0 Å². The second-order valence-corrected chi connectivity index (χ2v) is 6.05. The van der Waals surface area contributed by atoms with E-state index in [1.807, 2.05) is 31.2 Å². The van der Waals surface area contributed by atoms with Gasteiger partial charge in [-0.05, 0) is 31.5 Å². The summed E-state index contributed by atoms with van der Waals surface area (Å²) in [5.41, 5.74) is 8.57. The summed E-state index contributed by atoms with van der Waals surface area (Å²) in [4.78, 5) is 24.3. The van der Waals surface area contributed by atoms with Crippen LogP contribution in [-0.2, 0) is 17.8 Å². The summed E-state index contributed by atoms with van der Waals surface area (Å²) in [6.07, 6.45) is 2.61. The molecule has 0 atom stereocenters. The Labute approximate surface area is 151 Å². The zero-order valence-corrected chi connectivity index (χ0v) is 14.9. The number of carbonyl (C=O) groups excluding carboxylic acids is 2. The highest BCUT2D eigenvalue weighted by Gasteiger charge is 2.18. The van der Waals surface area contributed by atoms with Crippen molar-refractivity contribution < 1.29 is 9.59 Å². The van der Waals surface area contributed by atoms with Crippen LogP contribution < -0.4 is 11.1 Å². The van der Waals surface area contributed by atoms with Crippen molar-refractivity contribution in [2.75, 3.05) is 11.9 Å². The van der Waals surface area contributed by atoms with E-state index in [2.05, 4.69) is 15.6 Å². The van der Waals surface area contributed by atoms with Crippen LogP contribution in [0, 0.1) is 6.92 Å². The van der Waals surface area contributed by atoms with E-state index >= 15 is 0 Å². The van der Waals surface area contributed by atoms with Crippen molar-refractivity contribution >= 4 is 28.5 Å². The number of hydrogen-bond acceptors (Lipinski definition) is 5. The number of nitrogens with zero attached hydrogens (tertiary/aromatic N) is 4. The molecule has 0 unspecified atom stereocenters. The molecule has 2 aromatic heterocycles. The molecule has 0 aliphatic carbocycles. The Balaban J connectivity index is 1.89. The molecular formula is C18H22N6O2. The Morgan fingerprint density at radius 1 is 1.27 bits per heavy atom. The van der Waals surface area contributed by atoms with E-state index in [1.165, 1.54) is 4.68 Å². The molecule has 0 aliphatic heterocycles. The van der Waals surface area contributed by atoms with Crippen LogP contribution in [0.25, 0.3) is 10.9 Å². The zero-order valence-electron chi connectivity index (χ0n) is 14.9. The highest BCUT2D eigenvalue weighted by atomic mass is 16.2. The molecular weight excluding hydrogens is 332 g/mol. The van der Waals surface area contributed by atoms with Crippen LogP contribution >= 0.6 is 0 Å². The Hall–Kier alpha value is -3.00. The summed E-state index contributed by atoms with van der Waals surface area (Å²) in [6.45, 7) is 4.22. The number of nitrogens with two attached hydrogens (primary N) is 1. The molecule has 2 heterocycles. The van der Waals surface area contributed by atoms with Gasteiger partial charge >= 0.3 is 0 Å². The minimum absolute atomic E-state index is 0.0244. The third-order valence-electron chi connectivity index (χ3n) is 4.31. The Morgan fingerprint density at radius 3 is 2.77 bits per heavy atom. The molecule has 0 aliphatic rings. The monoisotopic (exact) mass is 354 g/mol. The van der Waals surface area contributed by atoms with Crippen LogP contribution in [0.4, 0.5) is 5.82 Å². The van der Waals surface area contributed by atoms with Crippen molar-refractivity contribution in [2.24, 2.45) is 5.73 Å². The fourth-order valence-corrected chi connectivity index (χ4v) is 3.09. The van der Waals surface area contributed by atoms with E-state index in [-0.39, 0.29) is 18.4 Å². The first-order valence-corrected chi connectivity index (χ1v) is 8.57. The topological polar surface area (TPSA) is 108 Å². The van der Waals surface area contributed by atoms with Gasteiger partial charge in [-0.25, -0.2) is 4.68 Å². The van der Waals surface area contributed by atoms with Gasteiger partial charge in [0, 0.05) is 17.5 Å². The lowest BCUT2D eigenvalue weighted by Gasteiger charge is -2.07. The fraction of sp³-hybridized carbons (Fsp3) is 0.333. The molecule has 3 aromatic rings. The van der Waals surface area contributed by atoms with Crippen molar-refractivity contribution in [2.45, 2.75) is 33.2 Å². The predicted octanol–water partition coefficient (Wildman–Crippen LogP) is 1.73. The second-order valence-electron chi connectivity index (χ2n) is 6.05. The average Bonchev–Trinajstić information content (AvgIpc) is 3.17. The zero-order chi connectivity index (χ0) is 18.7. The number of para-hydroxylation sites is 1. The van der Waals surface area contributed by atoms with E-state index in [4.69, 9.17) is 5.73 Å². The maximum atomic E-state index is 12.9. The standard InChI is InChI=1S/C18H22N6O2/c1-3-17(25)20-16-10-23(22-21-16)11-18(26)24-12(2)13(8-9-19)14-6-4-5-7-15(14)24/h4-7,10H,3,8-9,11,19H2,1-2H3,(H,20,25). The summed E-state index contributed by atoms with van der Waals surface area (Å²) in [7, 11) is 0. The first-order chi connectivity index (χ1) is 12.5. The molecule has 8 nitrogen and oxygen atoms in total. The summed E-state index contributed by atoms with van der Waals surface area (Å²) in [6, 6.07) is 7.79. The molecule has 1 amide bonds. The van der Waals surface area contributed by atoms with Crippen molar-refractivity contribution in [1.29, 1.82) is 0 Å². The molecule has 0 spiro atoms. The number of aromatic nitrogens is 4. The Kier molecular flexibility index (Phi) is 5.13. The lowest BCUT2D eigenvalue weighted by atomic mass is 10.1. The lowest BCUT2D eigenvalue weighted by molar-refractivity contribution is -0.115. The molecule has 3 N–H and O–H groups in total. The highest BCUT2D eigenvalue weighted by Crippen LogP contribution is 2.26. The van der Waals surface area contributed by atoms with Gasteiger partial charge in [0.1, 0.15) is 6.54 Å². The SMILES string of the molecule is CCC(=O)Nc1cn(CC(=O)n2c(C)c(CCN)c3ccccc32)nn1. The first-order valence-electron chi connectivity index (χ1n) is 8.57. The first kappa shape index (κ1) is 17.8. The van der Waals surface area contributed by atoms with Gasteiger partial charge in [-0.1, -0.05) is 30.3 Å². The number of amides is 1. The summed E-state index contributed by atoms with van der Waals surface area (Å²) < 4.78 is 3.12. The largest absolute Gasteiger partial charge is 0.330 e. The molecule has 1 aromatic carbocycles. The summed E-state index contributed by atoms with van der Waals surface area (Å²) >= 11 is 0. The van der Waals surface area contributed by atoms with Crippen LogP contribution in [0.2, 0.25) is 0 Å². The van der Waals surface area contributed by atoms with Gasteiger partial charge in [0.2, 0.25) is 5.91 Å². The van der Waals surface area contributed by atoms with Gasteiger partial charge in [0.25, 0.3) is 5.91 Å². The van der Waals surface area contributed by atoms with Crippen LogP contribution in [-0.4, -0.2) is 37.9 Å². The Bertz CT molecular complexity index is 956. The van der Waals surface area contributed by atoms with E-state index in [9.17, 15) is 9.59 Å². The molecule has 136 valence electrons. The quantitative estimate of drug-likeness (QED) is 0.701. The molecule has 0 saturated carbocycles. The van der Waals surface area contributed by atoms with E-state index in [0.717, 1.165) is 22.2 Å². The van der Waals surface area contributed by atoms with E-state index in [1.54, 1.807) is 17.7 Å². The van der Waals surface area contributed by atoms with Gasteiger partial charge in [-0.15, -0.1) is 5.10 Å². The number of anilines is 1. The molecule has 26 heavy (non-hydrogen) atoms. The number of fused-ring (bicyclic) bond motifs is 1. The van der Waals surface area contributed by atoms with Gasteiger partial charge in [0.05, 0.1) is 11.7 Å². The van der Waals surface area contributed by atoms with Gasteiger partial charge in [-0.3, -0.25) is 14.2 Å². The van der Waals surface area contributed by atoms with Crippen LogP contribution in [0.1, 0.15) is 29.4 Å². The maximum Gasteiger partial charge on any atom is 0.253 e. The minimum atomic E-state index is -0.151. The lowest BCUT2D eigenvalue weighted by Crippen LogP contribution is -2.19. The van der Waals surface area contributed by atoms with Gasteiger partial charge in [0.15, 0.2) is 5.82 Å². The number of benzene rings is 1. The van der Waals surface area contributed by atoms with Crippen molar-refractivity contribution in [3.05, 3.63) is 41.7 Å². The number of hydrogen-bond donors (Lipinski definition) is 2. The van der Waals surface area contributed by atoms with E-state index in [0.29, 0.717) is 25.2 Å².